The van der Waals surface area contributed by atoms with Gasteiger partial charge >= 0.3 is 0 Å². The van der Waals surface area contributed by atoms with Gasteiger partial charge in [0.25, 0.3) is 11.6 Å². The van der Waals surface area contributed by atoms with Crippen molar-refractivity contribution in [3.8, 4) is 11.4 Å². The zero-order chi connectivity index (χ0) is 25.1. The molecule has 2 aliphatic heterocycles. The van der Waals surface area contributed by atoms with E-state index in [4.69, 9.17) is 10.1 Å². The van der Waals surface area contributed by atoms with Crippen LogP contribution in [0.5, 0.6) is 5.75 Å². The Bertz CT molecular complexity index is 1430. The lowest BCUT2D eigenvalue weighted by Crippen LogP contribution is -2.35. The molecule has 1 aromatic heterocycles. The highest BCUT2D eigenvalue weighted by Crippen LogP contribution is 2.32. The molecule has 0 spiro atoms. The van der Waals surface area contributed by atoms with Crippen molar-refractivity contribution in [1.82, 2.24) is 9.58 Å². The van der Waals surface area contributed by atoms with Crippen molar-refractivity contribution in [1.29, 1.82) is 5.41 Å². The van der Waals surface area contributed by atoms with Gasteiger partial charge in [0.2, 0.25) is 5.17 Å². The number of nitrogens with zero attached hydrogens (tertiary/aromatic N) is 5. The first-order valence-electron chi connectivity index (χ1n) is 10.7. The topological polar surface area (TPSA) is 126 Å². The van der Waals surface area contributed by atoms with Gasteiger partial charge in [-0.3, -0.25) is 20.3 Å². The van der Waals surface area contributed by atoms with Crippen LogP contribution in [0.25, 0.3) is 11.8 Å². The number of nitro groups is 1. The van der Waals surface area contributed by atoms with Crippen LogP contribution in [0.3, 0.4) is 0 Å². The third kappa shape index (κ3) is 4.95. The molecule has 0 aliphatic carbocycles. The summed E-state index contributed by atoms with van der Waals surface area (Å²) in [6.07, 6.45) is 3.35. The van der Waals surface area contributed by atoms with Gasteiger partial charge in [0.15, 0.2) is 10.2 Å². The third-order valence-electron chi connectivity index (χ3n) is 5.17. The summed E-state index contributed by atoms with van der Waals surface area (Å²) < 4.78 is 8.14. The normalized spacial score (nSPS) is 16.1. The monoisotopic (exact) mass is 518 g/mol. The predicted molar refractivity (Wildman–Crippen MR) is 142 cm³/mol. The molecule has 5 rings (SSSR count). The minimum absolute atomic E-state index is 0.0124. The van der Waals surface area contributed by atoms with Crippen LogP contribution < -0.4 is 4.74 Å². The molecule has 10 nitrogen and oxygen atoms in total. The van der Waals surface area contributed by atoms with Gasteiger partial charge in [-0.25, -0.2) is 0 Å². The van der Waals surface area contributed by atoms with Crippen LogP contribution in [0, 0.1) is 15.5 Å². The maximum atomic E-state index is 12.8. The molecule has 180 valence electrons. The van der Waals surface area contributed by atoms with Crippen LogP contribution in [-0.2, 0) is 4.79 Å². The SMILES string of the molecule is N=C1/C(=C\c2cccn2-c2ccc([N+](=O)[O-])cc2)C(=O)N=C2SC(SCCOc3ccccc3)=NN12. The quantitative estimate of drug-likeness (QED) is 0.207. The number of para-hydroxylation sites is 1. The lowest BCUT2D eigenvalue weighted by atomic mass is 10.1. The van der Waals surface area contributed by atoms with E-state index in [1.807, 2.05) is 30.3 Å². The molecule has 2 aliphatic rings. The third-order valence-corrected chi connectivity index (χ3v) is 7.17. The Kier molecular flexibility index (Phi) is 6.69. The molecular formula is C24H18N6O4S2. The number of nitro benzene ring substituents is 1. The molecule has 3 heterocycles. The van der Waals surface area contributed by atoms with E-state index in [1.54, 1.807) is 41.1 Å². The van der Waals surface area contributed by atoms with Crippen LogP contribution in [0.4, 0.5) is 5.69 Å². The van der Waals surface area contributed by atoms with Crippen LogP contribution in [-0.4, -0.2) is 48.1 Å². The molecule has 0 radical (unpaired) electrons. The Morgan fingerprint density at radius 3 is 2.64 bits per heavy atom. The number of ether oxygens (including phenoxy) is 1. The summed E-state index contributed by atoms with van der Waals surface area (Å²) in [7, 11) is 0. The van der Waals surface area contributed by atoms with E-state index in [2.05, 4.69) is 10.1 Å². The van der Waals surface area contributed by atoms with Crippen LogP contribution in [0.1, 0.15) is 5.69 Å². The lowest BCUT2D eigenvalue weighted by molar-refractivity contribution is -0.384. The van der Waals surface area contributed by atoms with Crippen molar-refractivity contribution in [2.24, 2.45) is 10.1 Å². The second-order valence-electron chi connectivity index (χ2n) is 7.47. The fraction of sp³-hybridized carbons (Fsp3) is 0.0833. The number of fused-ring (bicyclic) bond motifs is 1. The fourth-order valence-electron chi connectivity index (χ4n) is 3.47. The predicted octanol–water partition coefficient (Wildman–Crippen LogP) is 4.77. The van der Waals surface area contributed by atoms with Crippen molar-refractivity contribution in [3.05, 3.63) is 94.3 Å². The van der Waals surface area contributed by atoms with Gasteiger partial charge in [0, 0.05) is 35.5 Å². The molecule has 2 aromatic carbocycles. The van der Waals surface area contributed by atoms with E-state index in [9.17, 15) is 14.9 Å². The zero-order valence-electron chi connectivity index (χ0n) is 18.6. The smallest absolute Gasteiger partial charge is 0.283 e. The summed E-state index contributed by atoms with van der Waals surface area (Å²) in [5.74, 6) is 0.852. The van der Waals surface area contributed by atoms with Crippen molar-refractivity contribution in [2.45, 2.75) is 0 Å². The number of nitrogens with one attached hydrogen (secondary N) is 1. The number of carbonyl (C=O) groups excluding carboxylic acids is 1. The van der Waals surface area contributed by atoms with E-state index in [-0.39, 0.29) is 17.1 Å². The average Bonchev–Trinajstić information content (AvgIpc) is 3.52. The first-order valence-corrected chi connectivity index (χ1v) is 12.5. The van der Waals surface area contributed by atoms with Crippen LogP contribution in [0.15, 0.2) is 88.6 Å². The van der Waals surface area contributed by atoms with Crippen molar-refractivity contribution < 1.29 is 14.5 Å². The van der Waals surface area contributed by atoms with Gasteiger partial charge in [0.05, 0.1) is 17.1 Å². The van der Waals surface area contributed by atoms with Gasteiger partial charge in [-0.15, -0.1) is 5.10 Å². The number of non-ortho nitro benzene ring substituents is 1. The summed E-state index contributed by atoms with van der Waals surface area (Å²) in [5, 5.41) is 25.7. The molecule has 1 amide bonds. The van der Waals surface area contributed by atoms with Gasteiger partial charge in [0.1, 0.15) is 5.75 Å². The van der Waals surface area contributed by atoms with Crippen molar-refractivity contribution >= 4 is 56.6 Å². The fourth-order valence-corrected chi connectivity index (χ4v) is 5.28. The van der Waals surface area contributed by atoms with Crippen molar-refractivity contribution in [2.75, 3.05) is 12.4 Å². The number of hydrogen-bond acceptors (Lipinski definition) is 8. The Morgan fingerprint density at radius 1 is 1.11 bits per heavy atom. The molecule has 0 atom stereocenters. The maximum Gasteiger partial charge on any atom is 0.283 e. The van der Waals surface area contributed by atoms with Crippen molar-refractivity contribution in [3.63, 3.8) is 0 Å². The molecule has 12 heteroatoms. The molecule has 0 fully saturated rings. The first kappa shape index (κ1) is 23.6. The lowest BCUT2D eigenvalue weighted by Gasteiger charge is -2.20. The Hall–Kier alpha value is -4.16. The molecule has 3 aromatic rings. The van der Waals surface area contributed by atoms with E-state index in [0.29, 0.717) is 33.3 Å². The average molecular weight is 519 g/mol. The van der Waals surface area contributed by atoms with Gasteiger partial charge < -0.3 is 9.30 Å². The molecule has 0 saturated heterocycles. The second-order valence-corrected chi connectivity index (χ2v) is 9.77. The number of hydrazone groups is 1. The summed E-state index contributed by atoms with van der Waals surface area (Å²) in [4.78, 5) is 27.4. The zero-order valence-corrected chi connectivity index (χ0v) is 20.2. The Balaban J connectivity index is 1.29. The summed E-state index contributed by atoms with van der Waals surface area (Å²) in [6.45, 7) is 0.488. The van der Waals surface area contributed by atoms with Gasteiger partial charge in [-0.2, -0.15) is 10.0 Å². The number of thioether (sulfide) groups is 2. The molecule has 36 heavy (non-hydrogen) atoms. The number of carbonyl (C=O) groups is 1. The second kappa shape index (κ2) is 10.2. The number of hydrogen-bond donors (Lipinski definition) is 1. The molecule has 0 unspecified atom stereocenters. The standard InChI is InChI=1S/C24H18N6O4S2/c25-21-20(15-18-5-4-12-28(18)16-8-10-17(11-9-16)30(32)33)22(31)26-23-29(21)27-24(36-23)35-14-13-34-19-6-2-1-3-7-19/h1-12,15,25H,13-14H2/b20-15+,25-21?. The molecule has 0 saturated carbocycles. The van der Waals surface area contributed by atoms with Gasteiger partial charge in [-0.1, -0.05) is 30.0 Å². The number of aliphatic imine (C=N–C) groups is 1. The number of amides is 1. The van der Waals surface area contributed by atoms with E-state index in [1.165, 1.54) is 40.7 Å². The first-order chi connectivity index (χ1) is 17.5. The van der Waals surface area contributed by atoms with E-state index < -0.39 is 10.8 Å². The summed E-state index contributed by atoms with van der Waals surface area (Å²) >= 11 is 2.71. The highest BCUT2D eigenvalue weighted by Gasteiger charge is 2.36. The van der Waals surface area contributed by atoms with Crippen LogP contribution in [0.2, 0.25) is 0 Å². The highest BCUT2D eigenvalue weighted by molar-refractivity contribution is 8.45. The van der Waals surface area contributed by atoms with E-state index in [0.717, 1.165) is 5.75 Å². The Morgan fingerprint density at radius 2 is 1.89 bits per heavy atom. The maximum absolute atomic E-state index is 12.8. The van der Waals surface area contributed by atoms with Gasteiger partial charge in [-0.05, 0) is 54.2 Å². The molecule has 1 N–H and O–H groups in total. The highest BCUT2D eigenvalue weighted by atomic mass is 32.2. The Labute approximate surface area is 214 Å². The minimum Gasteiger partial charge on any atom is -0.493 e. The number of benzene rings is 2. The minimum atomic E-state index is -0.524. The number of rotatable bonds is 7. The summed E-state index contributed by atoms with van der Waals surface area (Å²) in [5.41, 5.74) is 1.40. The summed E-state index contributed by atoms with van der Waals surface area (Å²) in [6, 6.07) is 19.2. The number of amidine groups is 2. The van der Waals surface area contributed by atoms with Crippen LogP contribution >= 0.6 is 23.5 Å². The largest absolute Gasteiger partial charge is 0.493 e. The van der Waals surface area contributed by atoms with E-state index >= 15 is 0 Å². The number of aromatic nitrogens is 1. The molecular weight excluding hydrogens is 500 g/mol. The molecule has 0 bridgehead atoms.